The van der Waals surface area contributed by atoms with Gasteiger partial charge in [-0.15, -0.1) is 12.4 Å². The van der Waals surface area contributed by atoms with Gasteiger partial charge in [0, 0.05) is 29.9 Å². The van der Waals surface area contributed by atoms with Crippen LogP contribution in [0.3, 0.4) is 0 Å². The van der Waals surface area contributed by atoms with Crippen molar-refractivity contribution < 1.29 is 14.3 Å². The molecule has 0 aliphatic carbocycles. The minimum Gasteiger partial charge on any atom is -0.492 e. The lowest BCUT2D eigenvalue weighted by Gasteiger charge is -2.27. The second-order valence-corrected chi connectivity index (χ2v) is 6.58. The van der Waals surface area contributed by atoms with Crippen molar-refractivity contribution >= 4 is 35.6 Å². The number of nitrogen functional groups attached to an aromatic ring is 1. The van der Waals surface area contributed by atoms with Crippen LogP contribution in [-0.4, -0.2) is 36.4 Å². The predicted molar refractivity (Wildman–Crippen MR) is 113 cm³/mol. The predicted octanol–water partition coefficient (Wildman–Crippen LogP) is 3.97. The summed E-state index contributed by atoms with van der Waals surface area (Å²) in [5, 5.41) is 2.85. The van der Waals surface area contributed by atoms with E-state index < -0.39 is 0 Å². The number of carbonyl (C=O) groups is 2. The number of benzene rings is 2. The number of hydrogen-bond acceptors (Lipinski definition) is 4. The molecule has 2 amide bonds. The highest BCUT2D eigenvalue weighted by atomic mass is 35.5. The van der Waals surface area contributed by atoms with Crippen molar-refractivity contribution in [3.05, 3.63) is 53.6 Å². The Morgan fingerprint density at radius 3 is 2.50 bits per heavy atom. The molecule has 1 aliphatic rings. The van der Waals surface area contributed by atoms with Crippen LogP contribution in [0.25, 0.3) is 0 Å². The molecule has 28 heavy (non-hydrogen) atoms. The zero-order valence-electron chi connectivity index (χ0n) is 15.9. The van der Waals surface area contributed by atoms with Crippen molar-refractivity contribution in [2.24, 2.45) is 0 Å². The molecular weight excluding hydrogens is 378 g/mol. The number of carbonyl (C=O) groups excluding carboxylic acids is 2. The van der Waals surface area contributed by atoms with Crippen molar-refractivity contribution in [1.29, 1.82) is 0 Å². The Morgan fingerprint density at radius 2 is 1.82 bits per heavy atom. The van der Waals surface area contributed by atoms with Crippen molar-refractivity contribution in [3.8, 4) is 5.75 Å². The molecule has 0 aromatic heterocycles. The first-order valence-corrected chi connectivity index (χ1v) is 9.31. The van der Waals surface area contributed by atoms with E-state index in [4.69, 9.17) is 10.5 Å². The molecule has 6 nitrogen and oxygen atoms in total. The number of halogens is 1. The molecule has 0 bridgehead atoms. The Hall–Kier alpha value is -2.73. The Balaban J connectivity index is 0.00000280. The molecule has 3 rings (SSSR count). The molecule has 2 aromatic rings. The molecule has 1 fully saturated rings. The van der Waals surface area contributed by atoms with Gasteiger partial charge >= 0.3 is 0 Å². The highest BCUT2D eigenvalue weighted by molar-refractivity contribution is 6.06. The number of anilines is 2. The third-order valence-electron chi connectivity index (χ3n) is 4.57. The maximum absolute atomic E-state index is 12.8. The van der Waals surface area contributed by atoms with Crippen LogP contribution in [0.1, 0.15) is 46.9 Å². The van der Waals surface area contributed by atoms with Crippen LogP contribution in [0.5, 0.6) is 5.75 Å². The Kier molecular flexibility index (Phi) is 7.70. The van der Waals surface area contributed by atoms with Gasteiger partial charge in [0.1, 0.15) is 5.75 Å². The minimum absolute atomic E-state index is 0. The van der Waals surface area contributed by atoms with Gasteiger partial charge in [0.2, 0.25) is 0 Å². The minimum atomic E-state index is -0.300. The van der Waals surface area contributed by atoms with E-state index in [1.165, 1.54) is 0 Å². The smallest absolute Gasteiger partial charge is 0.255 e. The van der Waals surface area contributed by atoms with Gasteiger partial charge in [0.25, 0.3) is 11.8 Å². The van der Waals surface area contributed by atoms with Crippen LogP contribution in [0, 0.1) is 0 Å². The van der Waals surface area contributed by atoms with Crippen LogP contribution in [0.4, 0.5) is 11.4 Å². The summed E-state index contributed by atoms with van der Waals surface area (Å²) >= 11 is 0. The van der Waals surface area contributed by atoms with Gasteiger partial charge in [-0.1, -0.05) is 6.07 Å². The average Bonchev–Trinajstić information content (AvgIpc) is 2.69. The summed E-state index contributed by atoms with van der Waals surface area (Å²) in [6.45, 7) is 3.88. The van der Waals surface area contributed by atoms with E-state index in [0.29, 0.717) is 34.9 Å². The van der Waals surface area contributed by atoms with E-state index in [-0.39, 0.29) is 24.2 Å². The van der Waals surface area contributed by atoms with E-state index in [2.05, 4.69) is 5.32 Å². The zero-order valence-corrected chi connectivity index (χ0v) is 16.8. The summed E-state index contributed by atoms with van der Waals surface area (Å²) in [7, 11) is 0. The van der Waals surface area contributed by atoms with Crippen LogP contribution in [0.15, 0.2) is 42.5 Å². The quantitative estimate of drug-likeness (QED) is 0.740. The average molecular weight is 404 g/mol. The maximum atomic E-state index is 12.8. The molecule has 3 N–H and O–H groups in total. The molecule has 1 aliphatic heterocycles. The largest absolute Gasteiger partial charge is 0.492 e. The van der Waals surface area contributed by atoms with Crippen LogP contribution >= 0.6 is 12.4 Å². The lowest BCUT2D eigenvalue weighted by Crippen LogP contribution is -2.35. The third-order valence-corrected chi connectivity index (χ3v) is 4.57. The molecule has 0 atom stereocenters. The molecule has 0 spiro atoms. The molecule has 2 aromatic carbocycles. The van der Waals surface area contributed by atoms with Gasteiger partial charge in [-0.05, 0) is 62.6 Å². The van der Waals surface area contributed by atoms with Crippen molar-refractivity contribution in [3.63, 3.8) is 0 Å². The van der Waals surface area contributed by atoms with Crippen LogP contribution in [-0.2, 0) is 0 Å². The molecule has 0 unspecified atom stereocenters. The van der Waals surface area contributed by atoms with E-state index in [9.17, 15) is 9.59 Å². The molecule has 7 heteroatoms. The molecule has 0 radical (unpaired) electrons. The second kappa shape index (κ2) is 9.99. The standard InChI is InChI=1S/C21H25N3O3.ClH/c1-2-27-19-10-9-16(21(26)24-11-4-3-5-12-24)14-18(19)23-20(25)15-7-6-8-17(22)13-15;/h6-10,13-14H,2-5,11-12,22H2,1H3,(H,23,25);1H. The SMILES string of the molecule is CCOc1ccc(C(=O)N2CCCCC2)cc1NC(=O)c1cccc(N)c1.Cl. The van der Waals surface area contributed by atoms with Crippen LogP contribution in [0.2, 0.25) is 0 Å². The third kappa shape index (κ3) is 5.16. The summed E-state index contributed by atoms with van der Waals surface area (Å²) in [4.78, 5) is 27.2. The fraction of sp³-hybridized carbons (Fsp3) is 0.333. The van der Waals surface area contributed by atoms with E-state index >= 15 is 0 Å². The van der Waals surface area contributed by atoms with Gasteiger partial charge in [0.05, 0.1) is 12.3 Å². The number of nitrogens with one attached hydrogen (secondary N) is 1. The van der Waals surface area contributed by atoms with E-state index in [0.717, 1.165) is 32.4 Å². The molecular formula is C21H26ClN3O3. The first kappa shape index (κ1) is 21.6. The summed E-state index contributed by atoms with van der Waals surface area (Å²) in [6.07, 6.45) is 3.22. The fourth-order valence-corrected chi connectivity index (χ4v) is 3.20. The Labute approximate surface area is 171 Å². The topological polar surface area (TPSA) is 84.7 Å². The summed E-state index contributed by atoms with van der Waals surface area (Å²) in [6, 6.07) is 11.9. The number of hydrogen-bond donors (Lipinski definition) is 2. The number of piperidine rings is 1. The highest BCUT2D eigenvalue weighted by Gasteiger charge is 2.20. The zero-order chi connectivity index (χ0) is 19.2. The Morgan fingerprint density at radius 1 is 1.07 bits per heavy atom. The number of amides is 2. The van der Waals surface area contributed by atoms with Crippen molar-refractivity contribution in [1.82, 2.24) is 4.90 Å². The lowest BCUT2D eigenvalue weighted by molar-refractivity contribution is 0.0724. The number of ether oxygens (including phenoxy) is 1. The van der Waals surface area contributed by atoms with Crippen molar-refractivity contribution in [2.45, 2.75) is 26.2 Å². The summed E-state index contributed by atoms with van der Waals surface area (Å²) in [5.74, 6) is 0.216. The molecule has 150 valence electrons. The van der Waals surface area contributed by atoms with Gasteiger partial charge in [-0.2, -0.15) is 0 Å². The van der Waals surface area contributed by atoms with Gasteiger partial charge in [0.15, 0.2) is 0 Å². The van der Waals surface area contributed by atoms with E-state index in [1.54, 1.807) is 42.5 Å². The second-order valence-electron chi connectivity index (χ2n) is 6.58. The number of nitrogens with two attached hydrogens (primary N) is 1. The number of rotatable bonds is 5. The summed E-state index contributed by atoms with van der Waals surface area (Å²) in [5.41, 5.74) is 7.75. The van der Waals surface area contributed by atoms with Crippen LogP contribution < -0.4 is 15.8 Å². The lowest BCUT2D eigenvalue weighted by atomic mass is 10.1. The van der Waals surface area contributed by atoms with E-state index in [1.807, 2.05) is 11.8 Å². The summed E-state index contributed by atoms with van der Waals surface area (Å²) < 4.78 is 5.61. The monoisotopic (exact) mass is 403 g/mol. The first-order chi connectivity index (χ1) is 13.1. The molecule has 1 heterocycles. The van der Waals surface area contributed by atoms with Crippen molar-refractivity contribution in [2.75, 3.05) is 30.7 Å². The fourth-order valence-electron chi connectivity index (χ4n) is 3.20. The van der Waals surface area contributed by atoms with Gasteiger partial charge in [-0.25, -0.2) is 0 Å². The molecule has 0 saturated carbocycles. The Bertz CT molecular complexity index is 835. The normalized spacial score (nSPS) is 13.4. The number of likely N-dealkylation sites (tertiary alicyclic amines) is 1. The van der Waals surface area contributed by atoms with Gasteiger partial charge < -0.3 is 20.7 Å². The molecule has 1 saturated heterocycles. The highest BCUT2D eigenvalue weighted by Crippen LogP contribution is 2.28. The maximum Gasteiger partial charge on any atom is 0.255 e. The first-order valence-electron chi connectivity index (χ1n) is 9.31. The van der Waals surface area contributed by atoms with Gasteiger partial charge in [-0.3, -0.25) is 9.59 Å². The number of nitrogens with zero attached hydrogens (tertiary/aromatic N) is 1.